The molecule has 6 heavy (non-hydrogen) atoms. The summed E-state index contributed by atoms with van der Waals surface area (Å²) in [6, 6.07) is 0. The van der Waals surface area contributed by atoms with Gasteiger partial charge in [-0.2, -0.15) is 0 Å². The zero-order valence-corrected chi connectivity index (χ0v) is 3.27. The summed E-state index contributed by atoms with van der Waals surface area (Å²) in [6.07, 6.45) is 0. The molecule has 0 aromatic rings. The van der Waals surface area contributed by atoms with Gasteiger partial charge in [-0.25, -0.2) is 0 Å². The van der Waals surface area contributed by atoms with Gasteiger partial charge >= 0.3 is 35.1 Å². The first-order valence-corrected chi connectivity index (χ1v) is 1.54. The molecule has 0 radical (unpaired) electrons. The molecular weight excluding hydrogens is 78.8 g/mol. The van der Waals surface area contributed by atoms with Gasteiger partial charge in [0.05, 0.1) is 0 Å². The predicted octanol–water partition coefficient (Wildman–Crippen LogP) is -1.06. The molecule has 0 fully saturated rings. The molecule has 0 spiro atoms. The van der Waals surface area contributed by atoms with Gasteiger partial charge in [0.2, 0.25) is 0 Å². The van der Waals surface area contributed by atoms with Crippen molar-refractivity contribution in [1.29, 1.82) is 5.31 Å². The van der Waals surface area contributed by atoms with Crippen molar-refractivity contribution in [3.63, 3.8) is 0 Å². The summed E-state index contributed by atoms with van der Waals surface area (Å²) in [4.78, 5) is 9.81. The van der Waals surface area contributed by atoms with E-state index in [1.165, 1.54) is 0 Å². The Labute approximate surface area is 36.3 Å². The van der Waals surface area contributed by atoms with Crippen LogP contribution in [-0.4, -0.2) is 19.3 Å². The fourth-order valence-electron chi connectivity index (χ4n) is 0.0589. The van der Waals surface area contributed by atoms with Crippen molar-refractivity contribution < 1.29 is 4.79 Å². The molecule has 0 saturated carbocycles. The van der Waals surface area contributed by atoms with Crippen molar-refractivity contribution in [2.45, 2.75) is 0 Å². The van der Waals surface area contributed by atoms with Crippen LogP contribution in [0.4, 0.5) is 0 Å². The number of hydrogen-bond donors (Lipinski definition) is 2. The van der Waals surface area contributed by atoms with Gasteiger partial charge < -0.3 is 0 Å². The van der Waals surface area contributed by atoms with E-state index in [4.69, 9.17) is 11.0 Å². The molecule has 0 aromatic carbocycles. The van der Waals surface area contributed by atoms with Crippen molar-refractivity contribution in [1.82, 2.24) is 0 Å². The molecule has 3 N–H and O–H groups in total. The number of rotatable bonds is 2. The van der Waals surface area contributed by atoms with Crippen LogP contribution in [0.3, 0.4) is 0 Å². The Balaban J connectivity index is 3.23. The summed E-state index contributed by atoms with van der Waals surface area (Å²) in [5.74, 6) is 0. The van der Waals surface area contributed by atoms with Crippen molar-refractivity contribution in [3.05, 3.63) is 0 Å². The summed E-state index contributed by atoms with van der Waals surface area (Å²) < 4.78 is 0. The molecule has 3 nitrogen and oxygen atoms in total. The van der Waals surface area contributed by atoms with Crippen molar-refractivity contribution >= 4 is 12.8 Å². The van der Waals surface area contributed by atoms with Crippen molar-refractivity contribution in [2.75, 3.05) is 6.54 Å². The monoisotopic (exact) mass is 84.0 g/mol. The predicted molar refractivity (Wildman–Crippen MR) is 22.5 cm³/mol. The Morgan fingerprint density at radius 1 is 2.00 bits per heavy atom. The molecule has 32 valence electrons. The molecular formula is C2H5BN2O. The molecule has 0 aromatic heterocycles. The molecule has 0 atom stereocenters. The van der Waals surface area contributed by atoms with Crippen LogP contribution in [0.15, 0.2) is 0 Å². The molecule has 0 unspecified atom stereocenters. The second kappa shape index (κ2) is 2.72. The maximum atomic E-state index is 9.81. The molecule has 0 bridgehead atoms. The first-order chi connectivity index (χ1) is 2.81. The molecule has 0 amide bonds. The molecule has 0 rings (SSSR count). The third kappa shape index (κ3) is 1.78. The number of carbonyl (C=O) groups excluding carboxylic acids is 1. The van der Waals surface area contributed by atoms with Crippen LogP contribution in [-0.2, 0) is 4.79 Å². The molecule has 0 aliphatic carbocycles. The maximum absolute atomic E-state index is 9.81. The average Bonchev–Trinajstić information content (AvgIpc) is 1.65. The SMILES string of the molecule is N=BC(=O)CN. The van der Waals surface area contributed by atoms with E-state index >= 15 is 0 Å². The summed E-state index contributed by atoms with van der Waals surface area (Å²) in [6.45, 7) is -0.0521. The normalized spacial score (nSPS) is 6.83. The van der Waals surface area contributed by atoms with Gasteiger partial charge in [0.25, 0.3) is 0 Å². The van der Waals surface area contributed by atoms with E-state index in [-0.39, 0.29) is 12.2 Å². The molecule has 0 saturated heterocycles. The van der Waals surface area contributed by atoms with Gasteiger partial charge in [-0.05, 0) is 0 Å². The standard InChI is InChI=1S/C2H5BN2O/c4-1-2(6)3-5/h5H,1,4H2. The second-order valence-corrected chi connectivity index (χ2v) is 0.815. The Morgan fingerprint density at radius 2 is 2.50 bits per heavy atom. The minimum absolute atomic E-state index is 0.0521. The Bertz CT molecular complexity index is 71.9. The molecule has 0 heterocycles. The topological polar surface area (TPSA) is 66.9 Å². The van der Waals surface area contributed by atoms with Crippen molar-refractivity contribution in [2.24, 2.45) is 5.73 Å². The van der Waals surface area contributed by atoms with E-state index in [1.807, 2.05) is 0 Å². The van der Waals surface area contributed by atoms with E-state index in [2.05, 4.69) is 0 Å². The van der Waals surface area contributed by atoms with E-state index in [9.17, 15) is 4.79 Å². The quantitative estimate of drug-likeness (QED) is 0.418. The third-order valence-electron chi connectivity index (χ3n) is 0.362. The van der Waals surface area contributed by atoms with Crippen LogP contribution < -0.4 is 5.73 Å². The van der Waals surface area contributed by atoms with Crippen LogP contribution in [0, 0.1) is 5.31 Å². The van der Waals surface area contributed by atoms with Crippen LogP contribution >= 0.6 is 0 Å². The Morgan fingerprint density at radius 3 is 2.50 bits per heavy atom. The third-order valence-corrected chi connectivity index (χ3v) is 0.362. The number of nitrogens with two attached hydrogens (primary N) is 1. The van der Waals surface area contributed by atoms with Gasteiger partial charge in [-0.1, -0.05) is 0 Å². The fourth-order valence-corrected chi connectivity index (χ4v) is 0.0589. The van der Waals surface area contributed by atoms with Crippen LogP contribution in [0.5, 0.6) is 0 Å². The summed E-state index contributed by atoms with van der Waals surface area (Å²) in [5, 5.41) is 6.25. The zero-order chi connectivity index (χ0) is 4.99. The van der Waals surface area contributed by atoms with Gasteiger partial charge in [0, 0.05) is 0 Å². The van der Waals surface area contributed by atoms with Gasteiger partial charge in [0.1, 0.15) is 0 Å². The van der Waals surface area contributed by atoms with Crippen LogP contribution in [0.2, 0.25) is 0 Å². The Hall–Kier alpha value is -0.505. The van der Waals surface area contributed by atoms with Gasteiger partial charge in [-0.15, -0.1) is 0 Å². The van der Waals surface area contributed by atoms with E-state index in [0.29, 0.717) is 7.07 Å². The van der Waals surface area contributed by atoms with Crippen molar-refractivity contribution in [3.8, 4) is 0 Å². The molecule has 4 heteroatoms. The summed E-state index contributed by atoms with van der Waals surface area (Å²) in [7, 11) is 0.708. The minimum atomic E-state index is -0.338. The zero-order valence-electron chi connectivity index (χ0n) is 3.27. The number of carbonyl (C=O) groups is 1. The molecule has 0 aliphatic rings. The first kappa shape index (κ1) is 5.49. The Kier molecular flexibility index (Phi) is 2.49. The first-order valence-electron chi connectivity index (χ1n) is 1.54. The number of hydrogen-bond acceptors (Lipinski definition) is 3. The second-order valence-electron chi connectivity index (χ2n) is 0.815. The average molecular weight is 83.9 g/mol. The van der Waals surface area contributed by atoms with E-state index < -0.39 is 0 Å². The fraction of sp³-hybridized carbons (Fsp3) is 0.500. The van der Waals surface area contributed by atoms with Gasteiger partial charge in [0.15, 0.2) is 0 Å². The van der Waals surface area contributed by atoms with Crippen LogP contribution in [0.1, 0.15) is 0 Å². The van der Waals surface area contributed by atoms with Crippen LogP contribution in [0.25, 0.3) is 0 Å². The molecule has 0 aliphatic heterocycles. The summed E-state index contributed by atoms with van der Waals surface area (Å²) in [5.41, 5.74) is 4.44. The number of nitrogens with one attached hydrogen (secondary N) is 1. The van der Waals surface area contributed by atoms with E-state index in [0.717, 1.165) is 0 Å². The van der Waals surface area contributed by atoms with E-state index in [1.54, 1.807) is 0 Å². The van der Waals surface area contributed by atoms with Gasteiger partial charge in [-0.3, -0.25) is 0 Å². The summed E-state index contributed by atoms with van der Waals surface area (Å²) >= 11 is 0.